The van der Waals surface area contributed by atoms with E-state index in [0.717, 1.165) is 0 Å². The number of carbonyl (C=O) groups excluding carboxylic acids is 3. The van der Waals surface area contributed by atoms with Crippen LogP contribution in [0.4, 0.5) is 26.3 Å². The summed E-state index contributed by atoms with van der Waals surface area (Å²) < 4.78 is 75.0. The summed E-state index contributed by atoms with van der Waals surface area (Å²) in [5.41, 5.74) is 0. The Morgan fingerprint density at radius 1 is 1.24 bits per heavy atom. The molecule has 0 aromatic rings. The van der Waals surface area contributed by atoms with Crippen LogP contribution >= 0.6 is 0 Å². The molecule has 1 saturated heterocycles. The highest BCUT2D eigenvalue weighted by Gasteiger charge is 2.63. The number of carbonyl (C=O) groups is 3. The second kappa shape index (κ2) is 5.53. The van der Waals surface area contributed by atoms with Crippen molar-refractivity contribution in [3.05, 3.63) is 0 Å². The average molecular weight is 320 g/mol. The third kappa shape index (κ3) is 3.64. The number of imide groups is 1. The maximum Gasteiger partial charge on any atom is 0.409 e. The minimum atomic E-state index is -5.87. The highest BCUT2D eigenvalue weighted by Crippen LogP contribution is 2.40. The summed E-state index contributed by atoms with van der Waals surface area (Å²) in [5, 5.41) is 1.75. The zero-order valence-corrected chi connectivity index (χ0v) is 10.5. The summed E-state index contributed by atoms with van der Waals surface area (Å²) in [5.74, 6) is -8.87. The molecular weight excluding hydrogens is 310 g/mol. The van der Waals surface area contributed by atoms with E-state index in [2.05, 4.69) is 0 Å². The zero-order valence-electron chi connectivity index (χ0n) is 10.5. The predicted molar refractivity (Wildman–Crippen MR) is 54.5 cm³/mol. The van der Waals surface area contributed by atoms with Crippen LogP contribution in [0.25, 0.3) is 0 Å². The Morgan fingerprint density at radius 2 is 1.71 bits per heavy atom. The van der Waals surface area contributed by atoms with Crippen molar-refractivity contribution in [2.75, 3.05) is 6.54 Å². The molecule has 1 N–H and O–H groups in total. The van der Waals surface area contributed by atoms with Crippen molar-refractivity contribution in [1.82, 2.24) is 10.2 Å². The van der Waals surface area contributed by atoms with Gasteiger partial charge in [0, 0.05) is 0 Å². The number of nitrogens with one attached hydrogen (secondary N) is 1. The van der Waals surface area contributed by atoms with Crippen molar-refractivity contribution in [2.24, 2.45) is 5.92 Å². The second-order valence-electron chi connectivity index (χ2n) is 4.32. The number of piperazine rings is 1. The fourth-order valence-corrected chi connectivity index (χ4v) is 1.94. The Balaban J connectivity index is 3.18. The van der Waals surface area contributed by atoms with Gasteiger partial charge in [-0.3, -0.25) is 19.7 Å². The third-order valence-electron chi connectivity index (χ3n) is 2.83. The Morgan fingerprint density at radius 3 is 2.10 bits per heavy atom. The Hall–Kier alpha value is -1.81. The molecule has 1 fully saturated rings. The van der Waals surface area contributed by atoms with E-state index in [0.29, 0.717) is 0 Å². The minimum absolute atomic E-state index is 0.0206. The number of rotatable bonds is 2. The number of hydrogen-bond acceptors (Lipinski definition) is 3. The van der Waals surface area contributed by atoms with Crippen LogP contribution in [0.5, 0.6) is 0 Å². The van der Waals surface area contributed by atoms with Crippen molar-refractivity contribution < 1.29 is 40.7 Å². The topological polar surface area (TPSA) is 66.5 Å². The first-order valence-corrected chi connectivity index (χ1v) is 5.67. The third-order valence-corrected chi connectivity index (χ3v) is 2.83. The molecule has 1 rings (SSSR count). The van der Waals surface area contributed by atoms with Crippen molar-refractivity contribution in [3.8, 4) is 0 Å². The predicted octanol–water partition coefficient (Wildman–Crippen LogP) is 0.991. The van der Waals surface area contributed by atoms with E-state index in [1.54, 1.807) is 5.32 Å². The van der Waals surface area contributed by atoms with E-state index in [-0.39, 0.29) is 11.3 Å². The lowest BCUT2D eigenvalue weighted by Gasteiger charge is -2.36. The number of nitrogens with zero attached hydrogens (tertiary/aromatic N) is 1. The fourth-order valence-electron chi connectivity index (χ4n) is 1.94. The van der Waals surface area contributed by atoms with Crippen molar-refractivity contribution in [2.45, 2.75) is 31.7 Å². The van der Waals surface area contributed by atoms with E-state index >= 15 is 0 Å². The van der Waals surface area contributed by atoms with E-state index in [4.69, 9.17) is 0 Å². The molecule has 0 aromatic carbocycles. The second-order valence-corrected chi connectivity index (χ2v) is 4.32. The van der Waals surface area contributed by atoms with Gasteiger partial charge in [0.25, 0.3) is 0 Å². The molecule has 5 nitrogen and oxygen atoms in total. The number of amides is 3. The molecule has 21 heavy (non-hydrogen) atoms. The van der Waals surface area contributed by atoms with Crippen LogP contribution in [-0.4, -0.2) is 47.6 Å². The summed E-state index contributed by atoms with van der Waals surface area (Å²) in [4.78, 5) is 34.1. The molecule has 1 aliphatic heterocycles. The molecule has 1 atom stereocenters. The SMILES string of the molecule is CCC1C(=O)NC(=O)CN1C(=O)C(C(F)(F)F)C(F)(F)F. The van der Waals surface area contributed by atoms with Crippen molar-refractivity contribution in [3.63, 3.8) is 0 Å². The van der Waals surface area contributed by atoms with Gasteiger partial charge in [0.2, 0.25) is 23.6 Å². The number of hydrogen-bond donors (Lipinski definition) is 1. The van der Waals surface area contributed by atoms with Gasteiger partial charge in [-0.25, -0.2) is 0 Å². The molecule has 11 heteroatoms. The summed E-state index contributed by atoms with van der Waals surface area (Å²) in [6.07, 6.45) is -12.0. The Bertz CT molecular complexity index is 445. The molecule has 0 aliphatic carbocycles. The van der Waals surface area contributed by atoms with Gasteiger partial charge in [0.15, 0.2) is 0 Å². The zero-order chi connectivity index (χ0) is 16.6. The van der Waals surface area contributed by atoms with E-state index in [9.17, 15) is 40.7 Å². The van der Waals surface area contributed by atoms with Crippen LogP contribution < -0.4 is 5.32 Å². The first-order chi connectivity index (χ1) is 9.39. The lowest BCUT2D eigenvalue weighted by atomic mass is 10.0. The largest absolute Gasteiger partial charge is 0.409 e. The fraction of sp³-hybridized carbons (Fsp3) is 0.700. The highest BCUT2D eigenvalue weighted by atomic mass is 19.4. The van der Waals surface area contributed by atoms with Gasteiger partial charge in [-0.1, -0.05) is 6.92 Å². The van der Waals surface area contributed by atoms with Gasteiger partial charge in [0.05, 0.1) is 0 Å². The molecule has 0 spiro atoms. The molecule has 0 radical (unpaired) electrons. The van der Waals surface area contributed by atoms with Gasteiger partial charge in [-0.2, -0.15) is 26.3 Å². The van der Waals surface area contributed by atoms with Gasteiger partial charge < -0.3 is 4.90 Å². The van der Waals surface area contributed by atoms with E-state index in [1.165, 1.54) is 6.92 Å². The maximum atomic E-state index is 12.5. The quantitative estimate of drug-likeness (QED) is 0.609. The minimum Gasteiger partial charge on any atom is -0.321 e. The van der Waals surface area contributed by atoms with Crippen LogP contribution in [0.3, 0.4) is 0 Å². The maximum absolute atomic E-state index is 12.5. The Kier molecular flexibility index (Phi) is 4.54. The number of alkyl halides is 6. The lowest BCUT2D eigenvalue weighted by Crippen LogP contribution is -2.62. The smallest absolute Gasteiger partial charge is 0.321 e. The van der Waals surface area contributed by atoms with Crippen LogP contribution in [0.1, 0.15) is 13.3 Å². The van der Waals surface area contributed by atoms with Gasteiger partial charge >= 0.3 is 12.4 Å². The van der Waals surface area contributed by atoms with E-state index in [1.807, 2.05) is 0 Å². The summed E-state index contributed by atoms with van der Waals surface area (Å²) in [7, 11) is 0. The first kappa shape index (κ1) is 17.2. The molecule has 1 aliphatic rings. The molecule has 1 heterocycles. The molecule has 120 valence electrons. The molecular formula is C10H10F6N2O3. The molecule has 0 bridgehead atoms. The van der Waals surface area contributed by atoms with Gasteiger partial charge in [-0.15, -0.1) is 0 Å². The highest BCUT2D eigenvalue weighted by molar-refractivity contribution is 6.04. The van der Waals surface area contributed by atoms with Crippen LogP contribution in [0.15, 0.2) is 0 Å². The summed E-state index contributed by atoms with van der Waals surface area (Å²) >= 11 is 0. The molecule has 0 saturated carbocycles. The van der Waals surface area contributed by atoms with Crippen LogP contribution in [-0.2, 0) is 14.4 Å². The van der Waals surface area contributed by atoms with Crippen LogP contribution in [0, 0.1) is 5.92 Å². The van der Waals surface area contributed by atoms with Gasteiger partial charge in [-0.05, 0) is 6.42 Å². The monoisotopic (exact) mass is 320 g/mol. The van der Waals surface area contributed by atoms with Crippen molar-refractivity contribution >= 4 is 17.7 Å². The summed E-state index contributed by atoms with van der Waals surface area (Å²) in [6, 6.07) is -1.55. The van der Waals surface area contributed by atoms with Crippen molar-refractivity contribution in [1.29, 1.82) is 0 Å². The molecule has 0 aromatic heterocycles. The van der Waals surface area contributed by atoms with E-state index < -0.39 is 48.6 Å². The van der Waals surface area contributed by atoms with Crippen LogP contribution in [0.2, 0.25) is 0 Å². The summed E-state index contributed by atoms with van der Waals surface area (Å²) in [6.45, 7) is 0.252. The standard InChI is InChI=1S/C10H10F6N2O3/c1-2-4-7(20)17-5(19)3-18(4)8(21)6(9(11,12)13)10(14,15)16/h4,6H,2-3H2,1H3,(H,17,19,20). The molecule has 1 unspecified atom stereocenters. The first-order valence-electron chi connectivity index (χ1n) is 5.67. The average Bonchev–Trinajstić information content (AvgIpc) is 2.23. The normalized spacial score (nSPS) is 20.8. The number of halogens is 6. The van der Waals surface area contributed by atoms with Gasteiger partial charge in [0.1, 0.15) is 12.6 Å². The molecule has 3 amide bonds. The lowest BCUT2D eigenvalue weighted by molar-refractivity contribution is -0.278. The Labute approximate surface area is 114 Å².